The standard InChI is InChI=1S/C40H73NO7/c1-6-8-10-12-14-15-16-17-18-19-20-21-22-23-25-26-28-30-38(42)47-35-36(34-46-33-32-37(40(44)45)41(3,4)5)48-39(43)31-29-27-24-13-11-9-7-2/h9,11,24,27,36-37H,6-8,10,12-23,25-26,28-35H2,1-5H3/p+1/b11-9+,27-24+. The molecule has 0 aromatic heterocycles. The lowest BCUT2D eigenvalue weighted by Gasteiger charge is -2.31. The minimum atomic E-state index is -0.884. The number of carbonyl (C=O) groups excluding carboxylic acids is 2. The number of carbonyl (C=O) groups is 3. The fourth-order valence-electron chi connectivity index (χ4n) is 5.62. The molecule has 2 atom stereocenters. The van der Waals surface area contributed by atoms with Gasteiger partial charge in [-0.1, -0.05) is 141 Å². The molecule has 8 nitrogen and oxygen atoms in total. The quantitative estimate of drug-likeness (QED) is 0.0313. The summed E-state index contributed by atoms with van der Waals surface area (Å²) in [6.07, 6.45) is 32.6. The van der Waals surface area contributed by atoms with Crippen LogP contribution in [0.2, 0.25) is 0 Å². The van der Waals surface area contributed by atoms with Crippen LogP contribution in [0.15, 0.2) is 24.3 Å². The molecule has 0 bridgehead atoms. The van der Waals surface area contributed by atoms with E-state index >= 15 is 0 Å². The van der Waals surface area contributed by atoms with Crippen molar-refractivity contribution < 1.29 is 38.2 Å². The number of hydrogen-bond donors (Lipinski definition) is 1. The monoisotopic (exact) mass is 681 g/mol. The lowest BCUT2D eigenvalue weighted by Crippen LogP contribution is -2.50. The molecule has 0 aliphatic carbocycles. The summed E-state index contributed by atoms with van der Waals surface area (Å²) in [4.78, 5) is 36.6. The van der Waals surface area contributed by atoms with E-state index in [9.17, 15) is 19.5 Å². The number of quaternary nitrogens is 1. The van der Waals surface area contributed by atoms with Crippen LogP contribution in [0.1, 0.15) is 162 Å². The van der Waals surface area contributed by atoms with Crippen LogP contribution < -0.4 is 0 Å². The Morgan fingerprint density at radius 3 is 1.67 bits per heavy atom. The number of nitrogens with zero attached hydrogens (tertiary/aromatic N) is 1. The fourth-order valence-corrected chi connectivity index (χ4v) is 5.62. The van der Waals surface area contributed by atoms with Gasteiger partial charge in [0.2, 0.25) is 0 Å². The summed E-state index contributed by atoms with van der Waals surface area (Å²) in [5, 5.41) is 9.55. The third-order valence-electron chi connectivity index (χ3n) is 8.63. The zero-order valence-electron chi connectivity index (χ0n) is 31.7. The van der Waals surface area contributed by atoms with Gasteiger partial charge in [0.25, 0.3) is 0 Å². The summed E-state index contributed by atoms with van der Waals surface area (Å²) in [7, 11) is 5.49. The zero-order valence-corrected chi connectivity index (χ0v) is 31.7. The number of carboxylic acid groups (broad SMARTS) is 1. The number of ether oxygens (including phenoxy) is 3. The highest BCUT2D eigenvalue weighted by Crippen LogP contribution is 2.15. The molecule has 0 rings (SSSR count). The lowest BCUT2D eigenvalue weighted by molar-refractivity contribution is -0.887. The highest BCUT2D eigenvalue weighted by molar-refractivity contribution is 5.72. The van der Waals surface area contributed by atoms with Gasteiger partial charge in [-0.3, -0.25) is 9.59 Å². The van der Waals surface area contributed by atoms with Crippen molar-refractivity contribution in [1.82, 2.24) is 0 Å². The van der Waals surface area contributed by atoms with Crippen molar-refractivity contribution in [2.24, 2.45) is 0 Å². The van der Waals surface area contributed by atoms with Crippen molar-refractivity contribution >= 4 is 17.9 Å². The van der Waals surface area contributed by atoms with Gasteiger partial charge in [-0.05, 0) is 25.7 Å². The Hall–Kier alpha value is -2.19. The zero-order chi connectivity index (χ0) is 35.7. The summed E-state index contributed by atoms with van der Waals surface area (Å²) in [5.41, 5.74) is 0. The van der Waals surface area contributed by atoms with Crippen molar-refractivity contribution in [2.45, 2.75) is 174 Å². The predicted molar refractivity (Wildman–Crippen MR) is 197 cm³/mol. The molecule has 280 valence electrons. The Bertz CT molecular complexity index is 849. The van der Waals surface area contributed by atoms with E-state index in [0.717, 1.165) is 32.1 Å². The predicted octanol–water partition coefficient (Wildman–Crippen LogP) is 9.74. The maximum absolute atomic E-state index is 12.5. The van der Waals surface area contributed by atoms with Crippen molar-refractivity contribution in [1.29, 1.82) is 0 Å². The smallest absolute Gasteiger partial charge is 0.362 e. The Kier molecular flexibility index (Phi) is 30.6. The van der Waals surface area contributed by atoms with Gasteiger partial charge in [-0.25, -0.2) is 4.79 Å². The topological polar surface area (TPSA) is 99.1 Å². The maximum Gasteiger partial charge on any atom is 0.362 e. The van der Waals surface area contributed by atoms with Crippen LogP contribution >= 0.6 is 0 Å². The van der Waals surface area contributed by atoms with E-state index in [-0.39, 0.29) is 42.7 Å². The highest BCUT2D eigenvalue weighted by Gasteiger charge is 2.31. The van der Waals surface area contributed by atoms with Gasteiger partial charge in [0.1, 0.15) is 6.61 Å². The summed E-state index contributed by atoms with van der Waals surface area (Å²) in [6.45, 7) is 4.52. The van der Waals surface area contributed by atoms with Crippen molar-refractivity contribution in [2.75, 3.05) is 41.0 Å². The molecule has 0 radical (unpaired) electrons. The first-order valence-electron chi connectivity index (χ1n) is 19.4. The largest absolute Gasteiger partial charge is 0.477 e. The van der Waals surface area contributed by atoms with Crippen molar-refractivity contribution in [3.8, 4) is 0 Å². The van der Waals surface area contributed by atoms with E-state index in [4.69, 9.17) is 14.2 Å². The van der Waals surface area contributed by atoms with E-state index in [1.54, 1.807) is 0 Å². The van der Waals surface area contributed by atoms with Gasteiger partial charge in [0.15, 0.2) is 12.1 Å². The molecule has 0 amide bonds. The number of esters is 2. The molecule has 0 heterocycles. The third-order valence-corrected chi connectivity index (χ3v) is 8.63. The van der Waals surface area contributed by atoms with Gasteiger partial charge in [0.05, 0.1) is 34.4 Å². The van der Waals surface area contributed by atoms with Crippen molar-refractivity contribution in [3.63, 3.8) is 0 Å². The first kappa shape index (κ1) is 45.8. The number of unbranched alkanes of at least 4 members (excludes halogenated alkanes) is 16. The van der Waals surface area contributed by atoms with Gasteiger partial charge >= 0.3 is 17.9 Å². The molecule has 0 aliphatic heterocycles. The van der Waals surface area contributed by atoms with Gasteiger partial charge in [0, 0.05) is 19.3 Å². The Balaban J connectivity index is 4.27. The molecular weight excluding hydrogens is 606 g/mol. The number of likely N-dealkylation sites (N-methyl/N-ethyl adjacent to an activating group) is 1. The maximum atomic E-state index is 12.5. The summed E-state index contributed by atoms with van der Waals surface area (Å²) < 4.78 is 17.1. The van der Waals surface area contributed by atoms with Crippen LogP contribution in [0, 0.1) is 0 Å². The first-order valence-corrected chi connectivity index (χ1v) is 19.4. The molecule has 0 saturated carbocycles. The van der Waals surface area contributed by atoms with E-state index in [2.05, 4.69) is 26.0 Å². The molecule has 1 N–H and O–H groups in total. The molecule has 0 aliphatic rings. The molecule has 0 spiro atoms. The molecule has 0 fully saturated rings. The second-order valence-electron chi connectivity index (χ2n) is 14.2. The third kappa shape index (κ3) is 29.9. The van der Waals surface area contributed by atoms with E-state index in [1.807, 2.05) is 33.3 Å². The van der Waals surface area contributed by atoms with E-state index < -0.39 is 18.1 Å². The summed E-state index contributed by atoms with van der Waals surface area (Å²) in [6, 6.07) is -0.618. The number of allylic oxidation sites excluding steroid dienone is 4. The Labute approximate surface area is 294 Å². The molecule has 0 saturated heterocycles. The van der Waals surface area contributed by atoms with Crippen LogP contribution in [0.3, 0.4) is 0 Å². The van der Waals surface area contributed by atoms with Crippen LogP contribution in [0.5, 0.6) is 0 Å². The fraction of sp³-hybridized carbons (Fsp3) is 0.825. The first-order chi connectivity index (χ1) is 23.1. The molecule has 2 unspecified atom stereocenters. The second kappa shape index (κ2) is 32.0. The molecule has 0 aromatic carbocycles. The average Bonchev–Trinajstić information content (AvgIpc) is 3.03. The van der Waals surface area contributed by atoms with Crippen molar-refractivity contribution in [3.05, 3.63) is 24.3 Å². The minimum Gasteiger partial charge on any atom is -0.477 e. The Morgan fingerprint density at radius 2 is 1.17 bits per heavy atom. The van der Waals surface area contributed by atoms with E-state index in [1.165, 1.54) is 89.9 Å². The SMILES string of the molecule is CC/C=C/C/C=C/CCC(=O)OC(COCCC(C(=O)O)[N+](C)(C)C)COC(=O)CCCCCCCCCCCCCCCCCCC. The summed E-state index contributed by atoms with van der Waals surface area (Å²) >= 11 is 0. The molecule has 0 aromatic rings. The number of carboxylic acids is 1. The van der Waals surface area contributed by atoms with Crippen LogP contribution in [0.25, 0.3) is 0 Å². The van der Waals surface area contributed by atoms with Crippen LogP contribution in [-0.2, 0) is 28.6 Å². The highest BCUT2D eigenvalue weighted by atomic mass is 16.6. The average molecular weight is 681 g/mol. The lowest BCUT2D eigenvalue weighted by atomic mass is 10.0. The van der Waals surface area contributed by atoms with Gasteiger partial charge in [-0.2, -0.15) is 0 Å². The number of aliphatic carboxylic acids is 1. The summed E-state index contributed by atoms with van der Waals surface area (Å²) in [5.74, 6) is -1.56. The molecule has 48 heavy (non-hydrogen) atoms. The van der Waals surface area contributed by atoms with Crippen LogP contribution in [-0.4, -0.2) is 80.6 Å². The molecular formula is C40H74NO7+. The van der Waals surface area contributed by atoms with Gasteiger partial charge in [-0.15, -0.1) is 0 Å². The normalized spacial score (nSPS) is 13.3. The Morgan fingerprint density at radius 1 is 0.646 bits per heavy atom. The minimum absolute atomic E-state index is 0.0410. The molecule has 8 heteroatoms. The second-order valence-corrected chi connectivity index (χ2v) is 14.2. The van der Waals surface area contributed by atoms with Gasteiger partial charge < -0.3 is 23.8 Å². The van der Waals surface area contributed by atoms with E-state index in [0.29, 0.717) is 19.3 Å². The number of hydrogen-bond acceptors (Lipinski definition) is 6. The van der Waals surface area contributed by atoms with Crippen LogP contribution in [0.4, 0.5) is 0 Å². The number of rotatable bonds is 34.